The first-order valence-corrected chi connectivity index (χ1v) is 10.6. The highest BCUT2D eigenvalue weighted by molar-refractivity contribution is 7.89. The summed E-state index contributed by atoms with van der Waals surface area (Å²) in [6.45, 7) is 3.35. The van der Waals surface area contributed by atoms with Gasteiger partial charge in [0.2, 0.25) is 10.0 Å². The molecule has 1 amide bonds. The van der Waals surface area contributed by atoms with Crippen LogP contribution >= 0.6 is 12.4 Å². The van der Waals surface area contributed by atoms with Crippen LogP contribution < -0.4 is 10.0 Å². The molecule has 1 aromatic rings. The first-order chi connectivity index (χ1) is 12.5. The highest BCUT2D eigenvalue weighted by Crippen LogP contribution is 2.19. The Kier molecular flexibility index (Phi) is 8.05. The summed E-state index contributed by atoms with van der Waals surface area (Å²) in [5.41, 5.74) is 0.521. The number of nitrogens with one attached hydrogen (secondary N) is 2. The Morgan fingerprint density at radius 3 is 2.59 bits per heavy atom. The van der Waals surface area contributed by atoms with Crippen molar-refractivity contribution in [1.82, 2.24) is 14.9 Å². The van der Waals surface area contributed by atoms with Crippen molar-refractivity contribution in [2.75, 3.05) is 39.8 Å². The Morgan fingerprint density at radius 1 is 1.22 bits per heavy atom. The fraction of sp³-hybridized carbons (Fsp3) is 0.611. The van der Waals surface area contributed by atoms with Crippen molar-refractivity contribution >= 4 is 28.3 Å². The summed E-state index contributed by atoms with van der Waals surface area (Å²) >= 11 is 0. The van der Waals surface area contributed by atoms with Crippen molar-refractivity contribution in [3.8, 4) is 0 Å². The Hall–Kier alpha value is -1.19. The Morgan fingerprint density at radius 2 is 1.96 bits per heavy atom. The van der Waals surface area contributed by atoms with E-state index in [1.165, 1.54) is 12.1 Å². The standard InChI is InChI=1S/C18H27N3O4S.ClH/c1-19-11-14-8-9-21(13-14)18(22)15-4-6-17(7-5-15)26(23,24)20-12-16-3-2-10-25-16;/h4-7,14,16,19-20H,2-3,8-13H2,1H3;1H. The minimum atomic E-state index is -3.59. The molecule has 2 aliphatic heterocycles. The third-order valence-electron chi connectivity index (χ3n) is 5.00. The lowest BCUT2D eigenvalue weighted by atomic mass is 10.1. The van der Waals surface area contributed by atoms with Gasteiger partial charge < -0.3 is 15.0 Å². The molecule has 0 spiro atoms. The topological polar surface area (TPSA) is 87.7 Å². The Bertz CT molecular complexity index is 721. The second kappa shape index (κ2) is 9.84. The maximum Gasteiger partial charge on any atom is 0.253 e. The zero-order chi connectivity index (χ0) is 18.6. The van der Waals surface area contributed by atoms with Crippen molar-refractivity contribution in [3.05, 3.63) is 29.8 Å². The predicted molar refractivity (Wildman–Crippen MR) is 106 cm³/mol. The predicted octanol–water partition coefficient (Wildman–Crippen LogP) is 1.25. The molecule has 0 aromatic heterocycles. The fourth-order valence-corrected chi connectivity index (χ4v) is 4.59. The average Bonchev–Trinajstić information content (AvgIpc) is 3.32. The van der Waals surface area contributed by atoms with Crippen LogP contribution in [0.4, 0.5) is 0 Å². The van der Waals surface area contributed by atoms with Crippen LogP contribution in [0.15, 0.2) is 29.2 Å². The molecule has 2 N–H and O–H groups in total. The summed E-state index contributed by atoms with van der Waals surface area (Å²) in [5, 5.41) is 3.14. The van der Waals surface area contributed by atoms with Crippen LogP contribution in [0.3, 0.4) is 0 Å². The molecule has 27 heavy (non-hydrogen) atoms. The molecule has 0 aliphatic carbocycles. The van der Waals surface area contributed by atoms with Gasteiger partial charge in [-0.3, -0.25) is 4.79 Å². The summed E-state index contributed by atoms with van der Waals surface area (Å²) in [4.78, 5) is 14.6. The van der Waals surface area contributed by atoms with Crippen LogP contribution in [0.25, 0.3) is 0 Å². The van der Waals surface area contributed by atoms with Gasteiger partial charge in [0.1, 0.15) is 0 Å². The van der Waals surface area contributed by atoms with Gasteiger partial charge in [-0.1, -0.05) is 0 Å². The molecular formula is C18H28ClN3O4S. The zero-order valence-corrected chi connectivity index (χ0v) is 17.2. The zero-order valence-electron chi connectivity index (χ0n) is 15.5. The lowest BCUT2D eigenvalue weighted by molar-refractivity contribution is 0.0787. The van der Waals surface area contributed by atoms with Gasteiger partial charge >= 0.3 is 0 Å². The van der Waals surface area contributed by atoms with Crippen LogP contribution in [0.1, 0.15) is 29.6 Å². The number of halogens is 1. The van der Waals surface area contributed by atoms with Gasteiger partial charge in [0.15, 0.2) is 0 Å². The molecule has 152 valence electrons. The summed E-state index contributed by atoms with van der Waals surface area (Å²) in [7, 11) is -1.68. The highest BCUT2D eigenvalue weighted by atomic mass is 35.5. The molecule has 2 heterocycles. The van der Waals surface area contributed by atoms with Crippen molar-refractivity contribution in [2.45, 2.75) is 30.3 Å². The van der Waals surface area contributed by atoms with E-state index in [0.29, 0.717) is 18.1 Å². The molecule has 2 aliphatic rings. The third-order valence-corrected chi connectivity index (χ3v) is 6.44. The van der Waals surface area contributed by atoms with Crippen molar-refractivity contribution < 1.29 is 17.9 Å². The van der Waals surface area contributed by atoms with Crippen molar-refractivity contribution in [3.63, 3.8) is 0 Å². The molecular weight excluding hydrogens is 390 g/mol. The number of hydrogen-bond acceptors (Lipinski definition) is 5. The van der Waals surface area contributed by atoms with Crippen LogP contribution in [-0.2, 0) is 14.8 Å². The van der Waals surface area contributed by atoms with E-state index < -0.39 is 10.0 Å². The van der Waals surface area contributed by atoms with Crippen LogP contribution in [-0.4, -0.2) is 65.2 Å². The molecule has 3 rings (SSSR count). The second-order valence-corrected chi connectivity index (χ2v) is 8.74. The highest BCUT2D eigenvalue weighted by Gasteiger charge is 2.27. The summed E-state index contributed by atoms with van der Waals surface area (Å²) in [6, 6.07) is 6.17. The number of likely N-dealkylation sites (tertiary alicyclic amines) is 1. The maximum atomic E-state index is 12.6. The number of carbonyl (C=O) groups is 1. The summed E-state index contributed by atoms with van der Waals surface area (Å²) in [5.74, 6) is 0.436. The van der Waals surface area contributed by atoms with Gasteiger partial charge in [-0.2, -0.15) is 0 Å². The van der Waals surface area contributed by atoms with Gasteiger partial charge in [0.25, 0.3) is 5.91 Å². The minimum Gasteiger partial charge on any atom is -0.377 e. The number of benzene rings is 1. The molecule has 1 aromatic carbocycles. The van der Waals surface area contributed by atoms with E-state index in [2.05, 4.69) is 10.0 Å². The van der Waals surface area contributed by atoms with Gasteiger partial charge in [0, 0.05) is 31.8 Å². The van der Waals surface area contributed by atoms with Gasteiger partial charge in [-0.25, -0.2) is 13.1 Å². The molecule has 2 fully saturated rings. The molecule has 2 atom stereocenters. The molecule has 7 nitrogen and oxygen atoms in total. The lowest BCUT2D eigenvalue weighted by Crippen LogP contribution is -2.32. The van der Waals surface area contributed by atoms with Gasteiger partial charge in [0.05, 0.1) is 11.0 Å². The Labute approximate surface area is 167 Å². The quantitative estimate of drug-likeness (QED) is 0.697. The number of nitrogens with zero attached hydrogens (tertiary/aromatic N) is 1. The van der Waals surface area contributed by atoms with Gasteiger partial charge in [-0.15, -0.1) is 12.4 Å². The van der Waals surface area contributed by atoms with E-state index in [0.717, 1.165) is 38.9 Å². The molecule has 9 heteroatoms. The minimum absolute atomic E-state index is 0. The van der Waals surface area contributed by atoms with E-state index in [1.54, 1.807) is 12.1 Å². The SMILES string of the molecule is CNCC1CCN(C(=O)c2ccc(S(=O)(=O)NCC3CCCO3)cc2)C1.Cl. The van der Waals surface area contributed by atoms with E-state index in [4.69, 9.17) is 4.74 Å². The Balaban J connectivity index is 0.00000261. The van der Waals surface area contributed by atoms with Crippen LogP contribution in [0.2, 0.25) is 0 Å². The smallest absolute Gasteiger partial charge is 0.253 e. The van der Waals surface area contributed by atoms with Gasteiger partial charge in [-0.05, 0) is 63.0 Å². The number of carbonyl (C=O) groups excluding carboxylic acids is 1. The van der Waals surface area contributed by atoms with E-state index in [1.807, 2.05) is 11.9 Å². The second-order valence-electron chi connectivity index (χ2n) is 6.97. The normalized spacial score (nSPS) is 22.6. The number of rotatable bonds is 7. The lowest BCUT2D eigenvalue weighted by Gasteiger charge is -2.17. The number of ether oxygens (including phenoxy) is 1. The molecule has 2 unspecified atom stereocenters. The van der Waals surface area contributed by atoms with E-state index >= 15 is 0 Å². The largest absolute Gasteiger partial charge is 0.377 e. The van der Waals surface area contributed by atoms with E-state index in [-0.39, 0.29) is 35.9 Å². The summed E-state index contributed by atoms with van der Waals surface area (Å²) in [6.07, 6.45) is 2.79. The first-order valence-electron chi connectivity index (χ1n) is 9.15. The maximum absolute atomic E-state index is 12.6. The molecule has 2 saturated heterocycles. The summed E-state index contributed by atoms with van der Waals surface area (Å²) < 4.78 is 32.8. The number of hydrogen-bond donors (Lipinski definition) is 2. The van der Waals surface area contributed by atoms with Crippen LogP contribution in [0.5, 0.6) is 0 Å². The first kappa shape index (κ1) is 22.1. The van der Waals surface area contributed by atoms with E-state index in [9.17, 15) is 13.2 Å². The monoisotopic (exact) mass is 417 g/mol. The third kappa shape index (κ3) is 5.65. The van der Waals surface area contributed by atoms with Crippen molar-refractivity contribution in [1.29, 1.82) is 0 Å². The molecule has 0 bridgehead atoms. The fourth-order valence-electron chi connectivity index (χ4n) is 3.52. The number of sulfonamides is 1. The average molecular weight is 418 g/mol. The number of amides is 1. The molecule has 0 saturated carbocycles. The van der Waals surface area contributed by atoms with Crippen molar-refractivity contribution in [2.24, 2.45) is 5.92 Å². The molecule has 0 radical (unpaired) electrons. The van der Waals surface area contributed by atoms with Crippen LogP contribution in [0, 0.1) is 5.92 Å².